The maximum Gasteiger partial charge on any atom is 0.219 e. The minimum Gasteiger partial charge on any atom is -0.439 e. The van der Waals surface area contributed by atoms with Crippen molar-refractivity contribution in [2.45, 2.75) is 6.54 Å². The third-order valence-corrected chi connectivity index (χ3v) is 2.14. The van der Waals surface area contributed by atoms with Crippen molar-refractivity contribution in [2.24, 2.45) is 0 Å². The van der Waals surface area contributed by atoms with Gasteiger partial charge in [0, 0.05) is 18.8 Å². The highest BCUT2D eigenvalue weighted by atomic mass is 16.5. The fraction of sp³-hybridized carbons (Fsp3) is 0.154. The molecule has 16 heavy (non-hydrogen) atoms. The number of nitrogens with zero attached hydrogens (tertiary/aromatic N) is 1. The Kier molecular flexibility index (Phi) is 3.51. The molecule has 1 heterocycles. The molecule has 0 fully saturated rings. The zero-order chi connectivity index (χ0) is 11.2. The van der Waals surface area contributed by atoms with E-state index in [-0.39, 0.29) is 0 Å². The largest absolute Gasteiger partial charge is 0.439 e. The summed E-state index contributed by atoms with van der Waals surface area (Å²) in [5.74, 6) is 1.42. The first-order valence-electron chi connectivity index (χ1n) is 5.21. The minimum atomic E-state index is 0.617. The number of hydrogen-bond donors (Lipinski definition) is 1. The lowest BCUT2D eigenvalue weighted by Gasteiger charge is -2.05. The smallest absolute Gasteiger partial charge is 0.219 e. The number of pyridine rings is 1. The predicted octanol–water partition coefficient (Wildman–Crippen LogP) is 2.59. The van der Waals surface area contributed by atoms with E-state index < -0.39 is 0 Å². The highest BCUT2D eigenvalue weighted by Gasteiger charge is 1.97. The first kappa shape index (κ1) is 10.6. The second-order valence-corrected chi connectivity index (χ2v) is 3.45. The van der Waals surface area contributed by atoms with E-state index in [2.05, 4.69) is 10.3 Å². The van der Waals surface area contributed by atoms with Crippen LogP contribution in [-0.4, -0.2) is 12.0 Å². The Morgan fingerprint density at radius 1 is 1.12 bits per heavy atom. The fourth-order valence-electron chi connectivity index (χ4n) is 1.39. The van der Waals surface area contributed by atoms with Crippen LogP contribution in [0, 0.1) is 0 Å². The van der Waals surface area contributed by atoms with E-state index in [0.717, 1.165) is 17.9 Å². The molecule has 1 aromatic heterocycles. The second-order valence-electron chi connectivity index (χ2n) is 3.45. The molecule has 0 unspecified atom stereocenters. The third-order valence-electron chi connectivity index (χ3n) is 2.14. The lowest BCUT2D eigenvalue weighted by Crippen LogP contribution is -2.05. The van der Waals surface area contributed by atoms with Gasteiger partial charge in [-0.2, -0.15) is 0 Å². The van der Waals surface area contributed by atoms with Crippen LogP contribution in [0.15, 0.2) is 48.7 Å². The van der Waals surface area contributed by atoms with E-state index in [1.807, 2.05) is 55.7 Å². The van der Waals surface area contributed by atoms with Crippen LogP contribution in [0.1, 0.15) is 5.56 Å². The van der Waals surface area contributed by atoms with Gasteiger partial charge in [0.15, 0.2) is 0 Å². The van der Waals surface area contributed by atoms with Gasteiger partial charge in [0.05, 0.1) is 0 Å². The van der Waals surface area contributed by atoms with Crippen molar-refractivity contribution in [3.05, 3.63) is 54.2 Å². The summed E-state index contributed by atoms with van der Waals surface area (Å²) in [4.78, 5) is 4.23. The molecule has 1 N–H and O–H groups in total. The van der Waals surface area contributed by atoms with Gasteiger partial charge >= 0.3 is 0 Å². The summed E-state index contributed by atoms with van der Waals surface area (Å²) in [5.41, 5.74) is 1.14. The van der Waals surface area contributed by atoms with Gasteiger partial charge < -0.3 is 10.1 Å². The van der Waals surface area contributed by atoms with E-state index in [1.165, 1.54) is 0 Å². The van der Waals surface area contributed by atoms with E-state index in [9.17, 15) is 0 Å². The summed E-state index contributed by atoms with van der Waals surface area (Å²) in [7, 11) is 1.91. The molecule has 0 radical (unpaired) electrons. The standard InChI is InChI=1S/C13H14N2O/c1-14-9-11-7-8-13(15-10-11)16-12-5-3-2-4-6-12/h2-8,10,14H,9H2,1H3. The number of rotatable bonds is 4. The van der Waals surface area contributed by atoms with E-state index in [4.69, 9.17) is 4.74 Å². The number of hydrogen-bond acceptors (Lipinski definition) is 3. The van der Waals surface area contributed by atoms with Crippen molar-refractivity contribution in [3.8, 4) is 11.6 Å². The molecule has 0 aliphatic carbocycles. The number of aromatic nitrogens is 1. The van der Waals surface area contributed by atoms with Gasteiger partial charge in [0.25, 0.3) is 0 Å². The van der Waals surface area contributed by atoms with Crippen molar-refractivity contribution in [1.29, 1.82) is 0 Å². The Morgan fingerprint density at radius 3 is 2.56 bits per heavy atom. The van der Waals surface area contributed by atoms with Crippen LogP contribution in [0.2, 0.25) is 0 Å². The van der Waals surface area contributed by atoms with Crippen LogP contribution in [0.5, 0.6) is 11.6 Å². The molecule has 0 saturated heterocycles. The molecule has 2 aromatic rings. The molecule has 0 bridgehead atoms. The van der Waals surface area contributed by atoms with Crippen LogP contribution in [0.3, 0.4) is 0 Å². The zero-order valence-corrected chi connectivity index (χ0v) is 9.18. The Balaban J connectivity index is 2.05. The number of benzene rings is 1. The average molecular weight is 214 g/mol. The summed E-state index contributed by atoms with van der Waals surface area (Å²) in [6.45, 7) is 0.818. The van der Waals surface area contributed by atoms with Crippen LogP contribution in [0.25, 0.3) is 0 Å². The van der Waals surface area contributed by atoms with Crippen molar-refractivity contribution < 1.29 is 4.74 Å². The van der Waals surface area contributed by atoms with Gasteiger partial charge in [-0.3, -0.25) is 0 Å². The van der Waals surface area contributed by atoms with Crippen LogP contribution in [-0.2, 0) is 6.54 Å². The summed E-state index contributed by atoms with van der Waals surface area (Å²) in [5, 5.41) is 3.07. The highest BCUT2D eigenvalue weighted by molar-refractivity contribution is 5.27. The molecular formula is C13H14N2O. The molecule has 1 aromatic carbocycles. The highest BCUT2D eigenvalue weighted by Crippen LogP contribution is 2.18. The first-order valence-corrected chi connectivity index (χ1v) is 5.21. The van der Waals surface area contributed by atoms with E-state index >= 15 is 0 Å². The van der Waals surface area contributed by atoms with Gasteiger partial charge in [0.2, 0.25) is 5.88 Å². The third kappa shape index (κ3) is 2.81. The number of para-hydroxylation sites is 1. The van der Waals surface area contributed by atoms with E-state index in [0.29, 0.717) is 5.88 Å². The van der Waals surface area contributed by atoms with Gasteiger partial charge in [-0.15, -0.1) is 0 Å². The van der Waals surface area contributed by atoms with E-state index in [1.54, 1.807) is 0 Å². The second kappa shape index (κ2) is 5.28. The lowest BCUT2D eigenvalue weighted by atomic mass is 10.3. The van der Waals surface area contributed by atoms with Crippen LogP contribution in [0.4, 0.5) is 0 Å². The van der Waals surface area contributed by atoms with Crippen molar-refractivity contribution in [3.63, 3.8) is 0 Å². The normalized spacial score (nSPS) is 10.1. The maximum absolute atomic E-state index is 5.58. The summed E-state index contributed by atoms with van der Waals surface area (Å²) < 4.78 is 5.58. The Morgan fingerprint density at radius 2 is 1.94 bits per heavy atom. The van der Waals surface area contributed by atoms with Gasteiger partial charge in [-0.05, 0) is 24.7 Å². The molecule has 82 valence electrons. The molecule has 0 atom stereocenters. The van der Waals surface area contributed by atoms with Crippen molar-refractivity contribution >= 4 is 0 Å². The maximum atomic E-state index is 5.58. The predicted molar refractivity (Wildman–Crippen MR) is 63.5 cm³/mol. The average Bonchev–Trinajstić information content (AvgIpc) is 2.33. The topological polar surface area (TPSA) is 34.1 Å². The van der Waals surface area contributed by atoms with Crippen LogP contribution >= 0.6 is 0 Å². The molecule has 0 saturated carbocycles. The summed E-state index contributed by atoms with van der Waals surface area (Å²) >= 11 is 0. The lowest BCUT2D eigenvalue weighted by molar-refractivity contribution is 0.462. The van der Waals surface area contributed by atoms with Crippen molar-refractivity contribution in [2.75, 3.05) is 7.05 Å². The summed E-state index contributed by atoms with van der Waals surface area (Å²) in [6.07, 6.45) is 1.81. The zero-order valence-electron chi connectivity index (χ0n) is 9.18. The Labute approximate surface area is 95.1 Å². The fourth-order valence-corrected chi connectivity index (χ4v) is 1.39. The molecule has 0 amide bonds. The first-order chi connectivity index (χ1) is 7.88. The quantitative estimate of drug-likeness (QED) is 0.849. The van der Waals surface area contributed by atoms with Gasteiger partial charge in [-0.25, -0.2) is 4.98 Å². The van der Waals surface area contributed by atoms with Crippen LogP contribution < -0.4 is 10.1 Å². The van der Waals surface area contributed by atoms with Gasteiger partial charge in [0.1, 0.15) is 5.75 Å². The monoisotopic (exact) mass is 214 g/mol. The molecule has 3 nitrogen and oxygen atoms in total. The molecule has 3 heteroatoms. The number of ether oxygens (including phenoxy) is 1. The Bertz CT molecular complexity index is 425. The summed E-state index contributed by atoms with van der Waals surface area (Å²) in [6, 6.07) is 13.5. The Hall–Kier alpha value is -1.87. The molecule has 0 aliphatic rings. The minimum absolute atomic E-state index is 0.617. The molecule has 0 aliphatic heterocycles. The SMILES string of the molecule is CNCc1ccc(Oc2ccccc2)nc1. The molecular weight excluding hydrogens is 200 g/mol. The molecule has 0 spiro atoms. The number of nitrogens with one attached hydrogen (secondary N) is 1. The molecule has 2 rings (SSSR count). The van der Waals surface area contributed by atoms with Crippen molar-refractivity contribution in [1.82, 2.24) is 10.3 Å². The van der Waals surface area contributed by atoms with Gasteiger partial charge in [-0.1, -0.05) is 24.3 Å².